The van der Waals surface area contributed by atoms with Gasteiger partial charge in [0, 0.05) is 17.6 Å². The van der Waals surface area contributed by atoms with Gasteiger partial charge in [0.2, 0.25) is 5.95 Å². The molecule has 3 aromatic rings. The standard InChI is InChI=1S/C23H26N4O2/c1-5-29-22(28)17-9-11-18(12-10-17)25-20-13-14-24-23(26-20)27-21-16(4)7-6-8-19(21)15(2)3/h6-15H,5H2,1-4H3,(H2,24,25,26,27). The van der Waals surface area contributed by atoms with Crippen LogP contribution in [0.3, 0.4) is 0 Å². The highest BCUT2D eigenvalue weighted by Gasteiger charge is 2.11. The fourth-order valence-electron chi connectivity index (χ4n) is 2.99. The maximum atomic E-state index is 11.8. The topological polar surface area (TPSA) is 76.1 Å². The van der Waals surface area contributed by atoms with Crippen LogP contribution in [0.15, 0.2) is 54.7 Å². The van der Waals surface area contributed by atoms with Crippen molar-refractivity contribution >= 4 is 29.1 Å². The van der Waals surface area contributed by atoms with E-state index in [-0.39, 0.29) is 5.97 Å². The van der Waals surface area contributed by atoms with Gasteiger partial charge in [-0.3, -0.25) is 0 Å². The first-order valence-corrected chi connectivity index (χ1v) is 9.71. The summed E-state index contributed by atoms with van der Waals surface area (Å²) in [5.41, 5.74) is 4.75. The van der Waals surface area contributed by atoms with Crippen LogP contribution in [-0.2, 0) is 4.74 Å². The summed E-state index contributed by atoms with van der Waals surface area (Å²) in [6.07, 6.45) is 1.71. The Morgan fingerprint density at radius 1 is 1.07 bits per heavy atom. The Hall–Kier alpha value is -3.41. The number of benzene rings is 2. The summed E-state index contributed by atoms with van der Waals surface area (Å²) in [4.78, 5) is 20.7. The van der Waals surface area contributed by atoms with Crippen molar-refractivity contribution in [3.05, 3.63) is 71.4 Å². The molecule has 0 unspecified atom stereocenters. The van der Waals surface area contributed by atoms with Crippen molar-refractivity contribution in [3.63, 3.8) is 0 Å². The zero-order chi connectivity index (χ0) is 20.8. The Bertz CT molecular complexity index is 984. The second kappa shape index (κ2) is 9.19. The minimum atomic E-state index is -0.327. The number of hydrogen-bond donors (Lipinski definition) is 2. The van der Waals surface area contributed by atoms with E-state index in [9.17, 15) is 4.79 Å². The van der Waals surface area contributed by atoms with E-state index in [1.165, 1.54) is 5.56 Å². The van der Waals surface area contributed by atoms with Crippen molar-refractivity contribution in [1.82, 2.24) is 9.97 Å². The number of esters is 1. The van der Waals surface area contributed by atoms with Crippen LogP contribution in [0.2, 0.25) is 0 Å². The average molecular weight is 390 g/mol. The Morgan fingerprint density at radius 2 is 1.83 bits per heavy atom. The highest BCUT2D eigenvalue weighted by molar-refractivity contribution is 5.89. The van der Waals surface area contributed by atoms with Gasteiger partial charge in [-0.1, -0.05) is 32.0 Å². The maximum absolute atomic E-state index is 11.8. The van der Waals surface area contributed by atoms with Gasteiger partial charge in [0.05, 0.1) is 12.2 Å². The van der Waals surface area contributed by atoms with Gasteiger partial charge in [-0.15, -0.1) is 0 Å². The molecule has 29 heavy (non-hydrogen) atoms. The number of hydrogen-bond acceptors (Lipinski definition) is 6. The van der Waals surface area contributed by atoms with Gasteiger partial charge in [-0.2, -0.15) is 4.98 Å². The number of aryl methyl sites for hydroxylation is 1. The van der Waals surface area contributed by atoms with Gasteiger partial charge in [0.1, 0.15) is 5.82 Å². The second-order valence-electron chi connectivity index (χ2n) is 7.01. The fraction of sp³-hybridized carbons (Fsp3) is 0.261. The third-order valence-corrected chi connectivity index (χ3v) is 4.49. The Balaban J connectivity index is 1.76. The van der Waals surface area contributed by atoms with Crippen molar-refractivity contribution in [2.45, 2.75) is 33.6 Å². The molecule has 0 radical (unpaired) electrons. The molecule has 2 N–H and O–H groups in total. The third-order valence-electron chi connectivity index (χ3n) is 4.49. The van der Waals surface area contributed by atoms with E-state index in [0.29, 0.717) is 29.9 Å². The maximum Gasteiger partial charge on any atom is 0.338 e. The van der Waals surface area contributed by atoms with E-state index in [0.717, 1.165) is 16.9 Å². The van der Waals surface area contributed by atoms with Crippen molar-refractivity contribution < 1.29 is 9.53 Å². The van der Waals surface area contributed by atoms with E-state index in [2.05, 4.69) is 59.6 Å². The van der Waals surface area contributed by atoms with Gasteiger partial charge in [0.25, 0.3) is 0 Å². The van der Waals surface area contributed by atoms with E-state index < -0.39 is 0 Å². The molecule has 0 atom stereocenters. The predicted molar refractivity (Wildman–Crippen MR) is 116 cm³/mol. The van der Waals surface area contributed by atoms with Gasteiger partial charge in [-0.25, -0.2) is 9.78 Å². The summed E-state index contributed by atoms with van der Waals surface area (Å²) in [6.45, 7) is 8.55. The molecule has 1 heterocycles. The largest absolute Gasteiger partial charge is 0.462 e. The lowest BCUT2D eigenvalue weighted by atomic mass is 9.98. The lowest BCUT2D eigenvalue weighted by Crippen LogP contribution is -2.05. The molecule has 6 heteroatoms. The molecule has 0 saturated heterocycles. The molecular weight excluding hydrogens is 364 g/mol. The highest BCUT2D eigenvalue weighted by atomic mass is 16.5. The number of aromatic nitrogens is 2. The third kappa shape index (κ3) is 5.10. The lowest BCUT2D eigenvalue weighted by molar-refractivity contribution is 0.0526. The van der Waals surface area contributed by atoms with Crippen LogP contribution < -0.4 is 10.6 Å². The van der Waals surface area contributed by atoms with E-state index in [1.807, 2.05) is 12.1 Å². The SMILES string of the molecule is CCOC(=O)c1ccc(Nc2ccnc(Nc3c(C)cccc3C(C)C)n2)cc1. The van der Waals surface area contributed by atoms with Gasteiger partial charge >= 0.3 is 5.97 Å². The predicted octanol–water partition coefficient (Wildman–Crippen LogP) is 5.57. The monoisotopic (exact) mass is 390 g/mol. The van der Waals surface area contributed by atoms with E-state index >= 15 is 0 Å². The molecule has 6 nitrogen and oxygen atoms in total. The molecule has 3 rings (SSSR count). The summed E-state index contributed by atoms with van der Waals surface area (Å²) in [5, 5.41) is 6.60. The quantitative estimate of drug-likeness (QED) is 0.514. The average Bonchev–Trinajstić information content (AvgIpc) is 2.70. The summed E-state index contributed by atoms with van der Waals surface area (Å²) >= 11 is 0. The second-order valence-corrected chi connectivity index (χ2v) is 7.01. The summed E-state index contributed by atoms with van der Waals surface area (Å²) in [6, 6.07) is 15.1. The summed E-state index contributed by atoms with van der Waals surface area (Å²) in [5.74, 6) is 1.24. The van der Waals surface area contributed by atoms with Crippen LogP contribution in [-0.4, -0.2) is 22.5 Å². The number of rotatable bonds is 7. The van der Waals surface area contributed by atoms with Crippen LogP contribution in [0.4, 0.5) is 23.1 Å². The molecule has 0 aliphatic carbocycles. The summed E-state index contributed by atoms with van der Waals surface area (Å²) < 4.78 is 5.01. The van der Waals surface area contributed by atoms with Crippen LogP contribution in [0.5, 0.6) is 0 Å². The molecule has 0 spiro atoms. The van der Waals surface area contributed by atoms with Crippen molar-refractivity contribution in [2.24, 2.45) is 0 Å². The number of carbonyl (C=O) groups excluding carboxylic acids is 1. The lowest BCUT2D eigenvalue weighted by Gasteiger charge is -2.16. The van der Waals surface area contributed by atoms with Crippen LogP contribution in [0.1, 0.15) is 48.2 Å². The molecule has 0 fully saturated rings. The van der Waals surface area contributed by atoms with Crippen molar-refractivity contribution in [2.75, 3.05) is 17.2 Å². The molecule has 2 aromatic carbocycles. The van der Waals surface area contributed by atoms with Crippen molar-refractivity contribution in [1.29, 1.82) is 0 Å². The summed E-state index contributed by atoms with van der Waals surface area (Å²) in [7, 11) is 0. The van der Waals surface area contributed by atoms with Gasteiger partial charge < -0.3 is 15.4 Å². The first-order valence-electron chi connectivity index (χ1n) is 9.71. The zero-order valence-electron chi connectivity index (χ0n) is 17.2. The number of anilines is 4. The molecule has 0 aliphatic rings. The van der Waals surface area contributed by atoms with E-state index in [4.69, 9.17) is 4.74 Å². The first-order chi connectivity index (χ1) is 14.0. The number of para-hydroxylation sites is 1. The zero-order valence-corrected chi connectivity index (χ0v) is 17.2. The van der Waals surface area contributed by atoms with Gasteiger partial charge in [-0.05, 0) is 61.2 Å². The Kier molecular flexibility index (Phi) is 6.44. The molecule has 150 valence electrons. The molecular formula is C23H26N4O2. The Morgan fingerprint density at radius 3 is 2.52 bits per heavy atom. The first kappa shape index (κ1) is 20.3. The minimum Gasteiger partial charge on any atom is -0.462 e. The van der Waals surface area contributed by atoms with Gasteiger partial charge in [0.15, 0.2) is 0 Å². The van der Waals surface area contributed by atoms with Crippen LogP contribution in [0.25, 0.3) is 0 Å². The Labute approximate surface area is 171 Å². The smallest absolute Gasteiger partial charge is 0.338 e. The van der Waals surface area contributed by atoms with Crippen LogP contribution >= 0.6 is 0 Å². The molecule has 1 aromatic heterocycles. The van der Waals surface area contributed by atoms with Crippen molar-refractivity contribution in [3.8, 4) is 0 Å². The number of nitrogens with one attached hydrogen (secondary N) is 2. The number of carbonyl (C=O) groups is 1. The normalized spacial score (nSPS) is 10.7. The highest BCUT2D eigenvalue weighted by Crippen LogP contribution is 2.29. The minimum absolute atomic E-state index is 0.327. The van der Waals surface area contributed by atoms with E-state index in [1.54, 1.807) is 31.3 Å². The molecule has 0 saturated carbocycles. The molecule has 0 aliphatic heterocycles. The molecule has 0 amide bonds. The fourth-order valence-corrected chi connectivity index (χ4v) is 2.99. The number of nitrogens with zero attached hydrogens (tertiary/aromatic N) is 2. The number of ether oxygens (including phenoxy) is 1. The van der Waals surface area contributed by atoms with Crippen LogP contribution in [0, 0.1) is 6.92 Å². The molecule has 0 bridgehead atoms.